The Bertz CT molecular complexity index is 1390. The van der Waals surface area contributed by atoms with E-state index in [1.807, 2.05) is 22.9 Å². The first-order valence-corrected chi connectivity index (χ1v) is 10.9. The van der Waals surface area contributed by atoms with Crippen molar-refractivity contribution < 1.29 is 0 Å². The van der Waals surface area contributed by atoms with Gasteiger partial charge in [0.2, 0.25) is 4.77 Å². The highest BCUT2D eigenvalue weighted by molar-refractivity contribution is 7.71. The summed E-state index contributed by atoms with van der Waals surface area (Å²) in [6, 6.07) is 27.7. The molecule has 5 aromatic rings. The lowest BCUT2D eigenvalue weighted by Gasteiger charge is -2.08. The van der Waals surface area contributed by atoms with Crippen molar-refractivity contribution in [3.8, 4) is 33.5 Å². The second kappa shape index (κ2) is 7.97. The molecule has 0 amide bonds. The highest BCUT2D eigenvalue weighted by Gasteiger charge is 2.11. The van der Waals surface area contributed by atoms with Crippen LogP contribution in [0.25, 0.3) is 39.2 Å². The third-order valence-corrected chi connectivity index (χ3v) is 6.01. The van der Waals surface area contributed by atoms with Crippen molar-refractivity contribution in [2.75, 3.05) is 0 Å². The minimum atomic E-state index is 0.507. The number of aromatic amines is 1. The first-order chi connectivity index (χ1) is 15.1. The van der Waals surface area contributed by atoms with E-state index in [2.05, 4.69) is 96.6 Å². The summed E-state index contributed by atoms with van der Waals surface area (Å²) in [6.45, 7) is 4.41. The standard InChI is InChI=1S/C27H23N3S/c1-18(2)19-8-12-22(13-9-19)24-16-28-27(31)30-17-25(29-26(24)30)23-14-10-21(11-15-23)20-6-4-3-5-7-20/h3-18,29H,1-2H3. The molecule has 0 fully saturated rings. The number of benzene rings is 3. The fourth-order valence-corrected chi connectivity index (χ4v) is 4.08. The number of hydrogen-bond acceptors (Lipinski definition) is 2. The van der Waals surface area contributed by atoms with Gasteiger partial charge in [-0.25, -0.2) is 4.98 Å². The van der Waals surface area contributed by atoms with Gasteiger partial charge in [0.15, 0.2) is 0 Å². The van der Waals surface area contributed by atoms with Crippen LogP contribution in [0.5, 0.6) is 0 Å². The van der Waals surface area contributed by atoms with E-state index in [0.29, 0.717) is 10.7 Å². The van der Waals surface area contributed by atoms with E-state index in [9.17, 15) is 0 Å². The van der Waals surface area contributed by atoms with Gasteiger partial charge < -0.3 is 4.98 Å². The van der Waals surface area contributed by atoms with Crippen LogP contribution in [0.1, 0.15) is 25.3 Å². The summed E-state index contributed by atoms with van der Waals surface area (Å²) in [6.07, 6.45) is 3.90. The Kier molecular flexibility index (Phi) is 5.00. The van der Waals surface area contributed by atoms with Gasteiger partial charge in [-0.3, -0.25) is 4.40 Å². The molecule has 3 aromatic carbocycles. The maximum atomic E-state index is 5.50. The van der Waals surface area contributed by atoms with E-state index in [0.717, 1.165) is 28.0 Å². The zero-order valence-corrected chi connectivity index (χ0v) is 18.4. The summed E-state index contributed by atoms with van der Waals surface area (Å²) in [5.41, 5.74) is 8.98. The molecule has 0 radical (unpaired) electrons. The van der Waals surface area contributed by atoms with E-state index >= 15 is 0 Å². The predicted molar refractivity (Wildman–Crippen MR) is 131 cm³/mol. The Hall–Kier alpha value is -3.50. The van der Waals surface area contributed by atoms with Crippen LogP contribution in [0.3, 0.4) is 0 Å². The molecule has 3 nitrogen and oxygen atoms in total. The van der Waals surface area contributed by atoms with Gasteiger partial charge in [0.1, 0.15) is 5.65 Å². The summed E-state index contributed by atoms with van der Waals surface area (Å²) in [4.78, 5) is 8.03. The lowest BCUT2D eigenvalue weighted by Crippen LogP contribution is -1.93. The molecule has 152 valence electrons. The highest BCUT2D eigenvalue weighted by Crippen LogP contribution is 2.29. The molecular formula is C27H23N3S. The van der Waals surface area contributed by atoms with E-state index in [1.165, 1.54) is 16.7 Å². The van der Waals surface area contributed by atoms with Crippen LogP contribution in [0.15, 0.2) is 91.3 Å². The lowest BCUT2D eigenvalue weighted by molar-refractivity contribution is 0.867. The van der Waals surface area contributed by atoms with E-state index in [-0.39, 0.29) is 0 Å². The van der Waals surface area contributed by atoms with Gasteiger partial charge in [-0.2, -0.15) is 0 Å². The van der Waals surface area contributed by atoms with E-state index < -0.39 is 0 Å². The van der Waals surface area contributed by atoms with Crippen molar-refractivity contribution >= 4 is 17.9 Å². The Morgan fingerprint density at radius 3 is 2.06 bits per heavy atom. The molecule has 31 heavy (non-hydrogen) atoms. The molecule has 2 heterocycles. The van der Waals surface area contributed by atoms with Crippen LogP contribution >= 0.6 is 12.2 Å². The largest absolute Gasteiger partial charge is 0.339 e. The maximum absolute atomic E-state index is 5.50. The quantitative estimate of drug-likeness (QED) is 0.304. The van der Waals surface area contributed by atoms with Gasteiger partial charge in [0.25, 0.3) is 0 Å². The maximum Gasteiger partial charge on any atom is 0.205 e. The smallest absolute Gasteiger partial charge is 0.205 e. The molecule has 0 aliphatic heterocycles. The highest BCUT2D eigenvalue weighted by atomic mass is 32.1. The van der Waals surface area contributed by atoms with Crippen molar-refractivity contribution in [3.05, 3.63) is 102 Å². The molecule has 0 spiro atoms. The van der Waals surface area contributed by atoms with Gasteiger partial charge >= 0.3 is 0 Å². The number of imidazole rings is 1. The summed E-state index contributed by atoms with van der Waals surface area (Å²) >= 11 is 5.50. The number of rotatable bonds is 4. The van der Waals surface area contributed by atoms with Gasteiger partial charge in [0.05, 0.1) is 5.69 Å². The zero-order valence-electron chi connectivity index (χ0n) is 17.5. The van der Waals surface area contributed by atoms with E-state index in [4.69, 9.17) is 12.2 Å². The number of hydrogen-bond donors (Lipinski definition) is 1. The predicted octanol–water partition coefficient (Wildman–Crippen LogP) is 7.52. The van der Waals surface area contributed by atoms with Crippen molar-refractivity contribution in [1.29, 1.82) is 0 Å². The summed E-state index contributed by atoms with van der Waals surface area (Å²) in [5.74, 6) is 0.507. The van der Waals surface area contributed by atoms with Crippen LogP contribution in [0.2, 0.25) is 0 Å². The third-order valence-electron chi connectivity index (χ3n) is 5.71. The van der Waals surface area contributed by atoms with Gasteiger partial charge in [0, 0.05) is 18.0 Å². The van der Waals surface area contributed by atoms with Crippen molar-refractivity contribution in [2.45, 2.75) is 19.8 Å². The van der Waals surface area contributed by atoms with Gasteiger partial charge in [-0.15, -0.1) is 0 Å². The van der Waals surface area contributed by atoms with Crippen molar-refractivity contribution in [1.82, 2.24) is 14.4 Å². The molecular weight excluding hydrogens is 398 g/mol. The molecule has 0 saturated heterocycles. The second-order valence-corrected chi connectivity index (χ2v) is 8.43. The topological polar surface area (TPSA) is 33.1 Å². The van der Waals surface area contributed by atoms with Gasteiger partial charge in [-0.1, -0.05) is 92.7 Å². The average Bonchev–Trinajstić information content (AvgIpc) is 3.27. The monoisotopic (exact) mass is 421 g/mol. The molecule has 0 aliphatic carbocycles. The molecule has 5 rings (SSSR count). The van der Waals surface area contributed by atoms with Crippen LogP contribution in [-0.2, 0) is 0 Å². The number of nitrogens with zero attached hydrogens (tertiary/aromatic N) is 2. The molecule has 0 unspecified atom stereocenters. The van der Waals surface area contributed by atoms with Crippen LogP contribution in [-0.4, -0.2) is 14.4 Å². The fourth-order valence-electron chi connectivity index (χ4n) is 3.88. The summed E-state index contributed by atoms with van der Waals surface area (Å²) in [7, 11) is 0. The molecule has 1 N–H and O–H groups in total. The summed E-state index contributed by atoms with van der Waals surface area (Å²) < 4.78 is 2.50. The Morgan fingerprint density at radius 2 is 1.39 bits per heavy atom. The third kappa shape index (κ3) is 3.71. The molecule has 0 atom stereocenters. The number of H-pyrrole nitrogens is 1. The first kappa shape index (κ1) is 19.5. The lowest BCUT2D eigenvalue weighted by atomic mass is 10.00. The van der Waals surface area contributed by atoms with Crippen molar-refractivity contribution in [3.63, 3.8) is 0 Å². The summed E-state index contributed by atoms with van der Waals surface area (Å²) in [5, 5.41) is 0. The van der Waals surface area contributed by atoms with Crippen LogP contribution in [0, 0.1) is 4.77 Å². The fraction of sp³-hybridized carbons (Fsp3) is 0.111. The minimum Gasteiger partial charge on any atom is -0.339 e. The minimum absolute atomic E-state index is 0.507. The Morgan fingerprint density at radius 1 is 0.774 bits per heavy atom. The Balaban J connectivity index is 1.56. The molecule has 0 bridgehead atoms. The van der Waals surface area contributed by atoms with Crippen LogP contribution < -0.4 is 0 Å². The van der Waals surface area contributed by atoms with Gasteiger partial charge in [-0.05, 0) is 46.0 Å². The number of fused-ring (bicyclic) bond motifs is 1. The number of aromatic nitrogens is 3. The number of nitrogens with one attached hydrogen (secondary N) is 1. The molecule has 0 saturated carbocycles. The SMILES string of the molecule is CC(C)c1ccc(-c2cnc(=S)n3cc(-c4ccc(-c5ccccc5)cc4)[nH]c23)cc1. The average molecular weight is 422 g/mol. The molecule has 4 heteroatoms. The van der Waals surface area contributed by atoms with Crippen LogP contribution in [0.4, 0.5) is 0 Å². The Labute approximate surface area is 187 Å². The first-order valence-electron chi connectivity index (χ1n) is 10.5. The normalized spacial score (nSPS) is 11.3. The zero-order chi connectivity index (χ0) is 21.4. The van der Waals surface area contributed by atoms with E-state index in [1.54, 1.807) is 0 Å². The molecule has 2 aromatic heterocycles. The molecule has 0 aliphatic rings. The second-order valence-electron chi connectivity index (χ2n) is 8.06. The van der Waals surface area contributed by atoms with Crippen molar-refractivity contribution in [2.24, 2.45) is 0 Å².